The number of nitrogens with zero attached hydrogens (tertiary/aromatic N) is 2. The second-order valence-electron chi connectivity index (χ2n) is 2.66. The van der Waals surface area contributed by atoms with Gasteiger partial charge in [-0.2, -0.15) is 4.37 Å². The van der Waals surface area contributed by atoms with Gasteiger partial charge in [0.2, 0.25) is 0 Å². The highest BCUT2D eigenvalue weighted by Gasteiger charge is 2.27. The third-order valence-electron chi connectivity index (χ3n) is 1.56. The molecular weight excluding hydrogens is 192 g/mol. The van der Waals surface area contributed by atoms with Crippen molar-refractivity contribution in [3.8, 4) is 0 Å². The van der Waals surface area contributed by atoms with Gasteiger partial charge in [-0.1, -0.05) is 0 Å². The summed E-state index contributed by atoms with van der Waals surface area (Å²) in [7, 11) is 0. The highest BCUT2D eigenvalue weighted by atomic mass is 32.2. The Balaban J connectivity index is 2.07. The van der Waals surface area contributed by atoms with Gasteiger partial charge in [-0.3, -0.25) is 5.41 Å². The van der Waals surface area contributed by atoms with E-state index in [-0.39, 0.29) is 5.17 Å². The molecule has 0 amide bonds. The lowest BCUT2D eigenvalue weighted by molar-refractivity contribution is 0.959. The fourth-order valence-corrected chi connectivity index (χ4v) is 2.22. The van der Waals surface area contributed by atoms with E-state index in [1.807, 2.05) is 0 Å². The Labute approximate surface area is 78.3 Å². The summed E-state index contributed by atoms with van der Waals surface area (Å²) in [6.07, 6.45) is 2.42. The first-order valence-electron chi connectivity index (χ1n) is 3.61. The molecule has 0 spiro atoms. The molecule has 0 radical (unpaired) electrons. The van der Waals surface area contributed by atoms with Gasteiger partial charge in [-0.15, -0.1) is 0 Å². The van der Waals surface area contributed by atoms with E-state index in [9.17, 15) is 0 Å². The zero-order valence-corrected chi connectivity index (χ0v) is 7.91. The zero-order valence-electron chi connectivity index (χ0n) is 6.28. The first-order valence-corrected chi connectivity index (χ1v) is 5.20. The zero-order chi connectivity index (χ0) is 8.55. The van der Waals surface area contributed by atoms with E-state index in [0.717, 1.165) is 10.2 Å². The van der Waals surface area contributed by atoms with Gasteiger partial charge in [-0.05, 0) is 36.1 Å². The van der Waals surface area contributed by atoms with Crippen molar-refractivity contribution >= 4 is 28.5 Å². The third-order valence-corrected chi connectivity index (χ3v) is 3.05. The van der Waals surface area contributed by atoms with Crippen LogP contribution < -0.4 is 5.73 Å². The fourth-order valence-electron chi connectivity index (χ4n) is 0.863. The van der Waals surface area contributed by atoms with Crippen molar-refractivity contribution in [1.82, 2.24) is 9.36 Å². The van der Waals surface area contributed by atoms with Crippen molar-refractivity contribution in [1.29, 1.82) is 5.41 Å². The number of hydrogen-bond acceptors (Lipinski definition) is 5. The van der Waals surface area contributed by atoms with Crippen molar-refractivity contribution < 1.29 is 0 Å². The smallest absolute Gasteiger partial charge is 0.177 e. The van der Waals surface area contributed by atoms with Gasteiger partial charge in [0.15, 0.2) is 9.51 Å². The molecule has 64 valence electrons. The van der Waals surface area contributed by atoms with Crippen molar-refractivity contribution in [3.05, 3.63) is 5.82 Å². The summed E-state index contributed by atoms with van der Waals surface area (Å²) >= 11 is 2.50. The first kappa shape index (κ1) is 8.00. The quantitative estimate of drug-likeness (QED) is 0.430. The molecule has 1 aromatic heterocycles. The van der Waals surface area contributed by atoms with Crippen LogP contribution in [0.15, 0.2) is 4.34 Å². The SMILES string of the molecule is N=C(N)Sc1nc(C2CC2)ns1. The maximum absolute atomic E-state index is 7.04. The lowest BCUT2D eigenvalue weighted by Crippen LogP contribution is -2.02. The molecular formula is C6H8N4S2. The van der Waals surface area contributed by atoms with Crippen LogP contribution in [0.4, 0.5) is 0 Å². The Morgan fingerprint density at radius 3 is 3.00 bits per heavy atom. The summed E-state index contributed by atoms with van der Waals surface area (Å²) in [5, 5.41) is 7.12. The number of aromatic nitrogens is 2. The number of rotatable bonds is 2. The first-order chi connectivity index (χ1) is 5.75. The lowest BCUT2D eigenvalue weighted by atomic mass is 10.4. The van der Waals surface area contributed by atoms with Crippen molar-refractivity contribution in [2.45, 2.75) is 23.1 Å². The molecule has 3 N–H and O–H groups in total. The predicted octanol–water partition coefficient (Wildman–Crippen LogP) is 1.40. The largest absolute Gasteiger partial charge is 0.378 e. The van der Waals surface area contributed by atoms with Crippen molar-refractivity contribution in [2.24, 2.45) is 5.73 Å². The Bertz CT molecular complexity index is 304. The van der Waals surface area contributed by atoms with Crippen LogP contribution in [0, 0.1) is 5.41 Å². The molecule has 1 aliphatic carbocycles. The topological polar surface area (TPSA) is 75.7 Å². The number of thioether (sulfide) groups is 1. The minimum atomic E-state index is 0.0773. The van der Waals surface area contributed by atoms with Crippen LogP contribution in [0.3, 0.4) is 0 Å². The number of nitrogens with one attached hydrogen (secondary N) is 1. The van der Waals surface area contributed by atoms with Crippen molar-refractivity contribution in [2.75, 3.05) is 0 Å². The minimum absolute atomic E-state index is 0.0773. The van der Waals surface area contributed by atoms with Crippen LogP contribution in [0.1, 0.15) is 24.6 Å². The average Bonchev–Trinajstić information content (AvgIpc) is 2.73. The molecule has 1 fully saturated rings. The van der Waals surface area contributed by atoms with Gasteiger partial charge in [0.05, 0.1) is 0 Å². The van der Waals surface area contributed by atoms with Crippen molar-refractivity contribution in [3.63, 3.8) is 0 Å². The van der Waals surface area contributed by atoms with E-state index in [1.165, 1.54) is 36.1 Å². The standard InChI is InChI=1S/C6H8N4S2/c7-5(8)11-6-9-4(10-12-6)3-1-2-3/h3H,1-2H2,(H3,7,8). The molecule has 0 unspecified atom stereocenters. The minimum Gasteiger partial charge on any atom is -0.378 e. The normalized spacial score (nSPS) is 16.3. The maximum Gasteiger partial charge on any atom is 0.177 e. The van der Waals surface area contributed by atoms with Gasteiger partial charge in [0.25, 0.3) is 0 Å². The van der Waals surface area contributed by atoms with E-state index >= 15 is 0 Å². The molecule has 12 heavy (non-hydrogen) atoms. The molecule has 1 aliphatic rings. The number of amidine groups is 1. The third kappa shape index (κ3) is 1.75. The van der Waals surface area contributed by atoms with Crippen LogP contribution in [-0.4, -0.2) is 14.5 Å². The number of hydrogen-bond donors (Lipinski definition) is 2. The number of nitrogens with two attached hydrogens (primary N) is 1. The molecule has 0 aromatic carbocycles. The highest BCUT2D eigenvalue weighted by Crippen LogP contribution is 2.39. The second kappa shape index (κ2) is 3.02. The summed E-state index contributed by atoms with van der Waals surface area (Å²) in [5.74, 6) is 1.52. The molecule has 0 aliphatic heterocycles. The maximum atomic E-state index is 7.04. The van der Waals surface area contributed by atoms with Crippen LogP contribution in [0.2, 0.25) is 0 Å². The van der Waals surface area contributed by atoms with E-state index in [2.05, 4.69) is 9.36 Å². The summed E-state index contributed by atoms with van der Waals surface area (Å²) < 4.78 is 4.97. The van der Waals surface area contributed by atoms with Gasteiger partial charge in [0.1, 0.15) is 5.82 Å². The average molecular weight is 200 g/mol. The molecule has 1 heterocycles. The van der Waals surface area contributed by atoms with Gasteiger partial charge < -0.3 is 5.73 Å². The van der Waals surface area contributed by atoms with E-state index in [0.29, 0.717) is 5.92 Å². The molecule has 6 heteroatoms. The fraction of sp³-hybridized carbons (Fsp3) is 0.500. The van der Waals surface area contributed by atoms with Gasteiger partial charge in [0, 0.05) is 5.92 Å². The van der Waals surface area contributed by atoms with Gasteiger partial charge >= 0.3 is 0 Å². The van der Waals surface area contributed by atoms with Crippen LogP contribution >= 0.6 is 23.3 Å². The van der Waals surface area contributed by atoms with Crippen LogP contribution in [0.25, 0.3) is 0 Å². The summed E-state index contributed by atoms with van der Waals surface area (Å²) in [6.45, 7) is 0. The van der Waals surface area contributed by atoms with Crippen LogP contribution in [0.5, 0.6) is 0 Å². The molecule has 2 rings (SSSR count). The highest BCUT2D eigenvalue weighted by molar-refractivity contribution is 8.14. The molecule has 1 aromatic rings. The molecule has 0 saturated heterocycles. The monoisotopic (exact) mass is 200 g/mol. The van der Waals surface area contributed by atoms with E-state index in [4.69, 9.17) is 11.1 Å². The predicted molar refractivity (Wildman–Crippen MR) is 49.7 cm³/mol. The molecule has 0 atom stereocenters. The Morgan fingerprint density at radius 1 is 1.67 bits per heavy atom. The summed E-state index contributed by atoms with van der Waals surface area (Å²) in [4.78, 5) is 4.26. The Kier molecular flexibility index (Phi) is 2.02. The van der Waals surface area contributed by atoms with E-state index in [1.54, 1.807) is 0 Å². The van der Waals surface area contributed by atoms with E-state index < -0.39 is 0 Å². The molecule has 1 saturated carbocycles. The Morgan fingerprint density at radius 2 is 2.42 bits per heavy atom. The summed E-state index contributed by atoms with van der Waals surface area (Å²) in [6, 6.07) is 0. The van der Waals surface area contributed by atoms with Crippen LogP contribution in [-0.2, 0) is 0 Å². The van der Waals surface area contributed by atoms with Gasteiger partial charge in [-0.25, -0.2) is 4.98 Å². The molecule has 0 bridgehead atoms. The second-order valence-corrected chi connectivity index (χ2v) is 4.70. The molecule has 4 nitrogen and oxygen atoms in total. The lowest BCUT2D eigenvalue weighted by Gasteiger charge is -1.88. The summed E-state index contributed by atoms with van der Waals surface area (Å²) in [5.41, 5.74) is 5.21. The Hall–Kier alpha value is -0.620.